The van der Waals surface area contributed by atoms with Crippen LogP contribution in [0.5, 0.6) is 0 Å². The molecule has 0 radical (unpaired) electrons. The highest BCUT2D eigenvalue weighted by molar-refractivity contribution is 7.87. The van der Waals surface area contributed by atoms with Gasteiger partial charge in [0.1, 0.15) is 6.61 Å². The molecule has 5 nitrogen and oxygen atoms in total. The molecule has 0 unspecified atom stereocenters. The van der Waals surface area contributed by atoms with Gasteiger partial charge in [-0.25, -0.2) is 4.72 Å². The molecule has 0 bridgehead atoms. The quantitative estimate of drug-likeness (QED) is 0.751. The summed E-state index contributed by atoms with van der Waals surface area (Å²) in [5, 5.41) is 8.61. The normalized spacial score (nSPS) is 11.1. The van der Waals surface area contributed by atoms with Crippen molar-refractivity contribution in [1.82, 2.24) is 9.03 Å². The maximum atomic E-state index is 11.5. The number of nitrogens with one attached hydrogen (secondary N) is 1. The first-order valence-electron chi connectivity index (χ1n) is 5.33. The molecular weight excluding hydrogens is 252 g/mol. The average Bonchev–Trinajstić information content (AvgIpc) is 2.36. The minimum absolute atomic E-state index is 0.196. The van der Waals surface area contributed by atoms with Crippen molar-refractivity contribution < 1.29 is 13.5 Å². The van der Waals surface area contributed by atoms with E-state index >= 15 is 0 Å². The van der Waals surface area contributed by atoms with Gasteiger partial charge in [-0.15, -0.1) is 0 Å². The summed E-state index contributed by atoms with van der Waals surface area (Å²) in [6.45, 7) is 0.0656. The SMILES string of the molecule is CNS(=O)(=O)N(C)Cc1cccc(C#CCO)c1. The zero-order valence-electron chi connectivity index (χ0n) is 10.3. The zero-order valence-corrected chi connectivity index (χ0v) is 11.2. The molecule has 0 heterocycles. The molecule has 6 heteroatoms. The van der Waals surface area contributed by atoms with Crippen molar-refractivity contribution in [2.24, 2.45) is 0 Å². The molecule has 0 saturated heterocycles. The Hall–Kier alpha value is -1.39. The summed E-state index contributed by atoms with van der Waals surface area (Å²) in [5.41, 5.74) is 1.58. The third-order valence-corrected chi connectivity index (χ3v) is 3.78. The van der Waals surface area contributed by atoms with Crippen molar-refractivity contribution in [1.29, 1.82) is 0 Å². The molecule has 1 rings (SSSR count). The first kappa shape index (κ1) is 14.7. The Bertz CT molecular complexity index is 558. The Morgan fingerprint density at radius 2 is 2.17 bits per heavy atom. The van der Waals surface area contributed by atoms with Crippen LogP contribution >= 0.6 is 0 Å². The van der Waals surface area contributed by atoms with Crippen molar-refractivity contribution >= 4 is 10.2 Å². The van der Waals surface area contributed by atoms with E-state index in [2.05, 4.69) is 16.6 Å². The standard InChI is InChI=1S/C12H16N2O3S/c1-13-18(16,17)14(2)10-12-6-3-5-11(9-12)7-4-8-15/h3,5-6,9,13,15H,8,10H2,1-2H3. The molecule has 0 aliphatic rings. The second kappa shape index (κ2) is 6.52. The molecule has 0 spiro atoms. The third-order valence-electron chi connectivity index (χ3n) is 2.31. The van der Waals surface area contributed by atoms with Crippen LogP contribution in [0.4, 0.5) is 0 Å². The van der Waals surface area contributed by atoms with E-state index in [-0.39, 0.29) is 13.2 Å². The van der Waals surface area contributed by atoms with E-state index in [0.29, 0.717) is 0 Å². The molecule has 1 aromatic rings. The lowest BCUT2D eigenvalue weighted by Crippen LogP contribution is -2.35. The molecule has 18 heavy (non-hydrogen) atoms. The highest BCUT2D eigenvalue weighted by Gasteiger charge is 2.14. The smallest absolute Gasteiger partial charge is 0.279 e. The molecule has 0 aromatic heterocycles. The molecule has 1 aromatic carbocycles. The minimum Gasteiger partial charge on any atom is -0.384 e. The monoisotopic (exact) mass is 268 g/mol. The predicted molar refractivity (Wildman–Crippen MR) is 69.9 cm³/mol. The van der Waals surface area contributed by atoms with Crippen LogP contribution in [0.2, 0.25) is 0 Å². The van der Waals surface area contributed by atoms with Gasteiger partial charge in [0.15, 0.2) is 0 Å². The van der Waals surface area contributed by atoms with Gasteiger partial charge in [0.2, 0.25) is 0 Å². The molecule has 0 amide bonds. The Morgan fingerprint density at radius 1 is 1.44 bits per heavy atom. The summed E-state index contributed by atoms with van der Waals surface area (Å²) in [5.74, 6) is 5.32. The Labute approximate surface area is 108 Å². The van der Waals surface area contributed by atoms with Crippen LogP contribution in [0.15, 0.2) is 24.3 Å². The number of hydrogen-bond acceptors (Lipinski definition) is 3. The first-order valence-corrected chi connectivity index (χ1v) is 6.77. The summed E-state index contributed by atoms with van der Waals surface area (Å²) in [7, 11) is -0.551. The average molecular weight is 268 g/mol. The van der Waals surface area contributed by atoms with Crippen molar-refractivity contribution in [3.05, 3.63) is 35.4 Å². The van der Waals surface area contributed by atoms with Crippen LogP contribution in [0.1, 0.15) is 11.1 Å². The number of hydrogen-bond donors (Lipinski definition) is 2. The van der Waals surface area contributed by atoms with E-state index in [1.807, 2.05) is 6.07 Å². The first-order chi connectivity index (χ1) is 8.49. The van der Waals surface area contributed by atoms with Crippen LogP contribution in [-0.2, 0) is 16.8 Å². The third kappa shape index (κ3) is 4.13. The highest BCUT2D eigenvalue weighted by Crippen LogP contribution is 2.08. The van der Waals surface area contributed by atoms with Crippen LogP contribution in [0, 0.1) is 11.8 Å². The van der Waals surface area contributed by atoms with Crippen molar-refractivity contribution in [3.63, 3.8) is 0 Å². The van der Waals surface area contributed by atoms with Gasteiger partial charge < -0.3 is 5.11 Å². The van der Waals surface area contributed by atoms with Gasteiger partial charge in [-0.05, 0) is 17.7 Å². The van der Waals surface area contributed by atoms with E-state index in [4.69, 9.17) is 5.11 Å². The molecule has 0 fully saturated rings. The lowest BCUT2D eigenvalue weighted by Gasteiger charge is -2.16. The fourth-order valence-corrected chi connectivity index (χ4v) is 2.02. The summed E-state index contributed by atoms with van der Waals surface area (Å²) in [4.78, 5) is 0. The molecule has 0 aliphatic heterocycles. The fraction of sp³-hybridized carbons (Fsp3) is 0.333. The van der Waals surface area contributed by atoms with E-state index in [0.717, 1.165) is 11.1 Å². The topological polar surface area (TPSA) is 69.6 Å². The fourth-order valence-electron chi connectivity index (χ4n) is 1.39. The highest BCUT2D eigenvalue weighted by atomic mass is 32.2. The molecule has 0 aliphatic carbocycles. The Kier molecular flexibility index (Phi) is 5.31. The molecule has 0 atom stereocenters. The number of nitrogens with zero attached hydrogens (tertiary/aromatic N) is 1. The molecule has 98 valence electrons. The van der Waals surface area contributed by atoms with Gasteiger partial charge in [-0.1, -0.05) is 24.0 Å². The van der Waals surface area contributed by atoms with Crippen LogP contribution in [-0.4, -0.2) is 38.5 Å². The molecular formula is C12H16N2O3S. The number of aliphatic hydroxyl groups excluding tert-OH is 1. The zero-order chi connectivity index (χ0) is 13.6. The van der Waals surface area contributed by atoms with E-state index in [1.54, 1.807) is 18.2 Å². The second-order valence-electron chi connectivity index (χ2n) is 3.63. The minimum atomic E-state index is -3.42. The van der Waals surface area contributed by atoms with E-state index in [9.17, 15) is 8.42 Å². The number of benzene rings is 1. The van der Waals surface area contributed by atoms with Gasteiger partial charge >= 0.3 is 0 Å². The Balaban J connectivity index is 2.86. The summed E-state index contributed by atoms with van der Waals surface area (Å²) < 4.78 is 26.5. The van der Waals surface area contributed by atoms with Gasteiger partial charge in [-0.3, -0.25) is 0 Å². The number of aliphatic hydroxyl groups is 1. The van der Waals surface area contributed by atoms with E-state index < -0.39 is 10.2 Å². The molecule has 0 saturated carbocycles. The maximum absolute atomic E-state index is 11.5. The number of rotatable bonds is 4. The lowest BCUT2D eigenvalue weighted by molar-refractivity contribution is 0.350. The van der Waals surface area contributed by atoms with Gasteiger partial charge in [0.25, 0.3) is 10.2 Å². The van der Waals surface area contributed by atoms with Crippen LogP contribution in [0.25, 0.3) is 0 Å². The second-order valence-corrected chi connectivity index (χ2v) is 5.61. The molecule has 2 N–H and O–H groups in total. The summed E-state index contributed by atoms with van der Waals surface area (Å²) in [6.07, 6.45) is 0. The van der Waals surface area contributed by atoms with Crippen LogP contribution in [0.3, 0.4) is 0 Å². The van der Waals surface area contributed by atoms with E-state index in [1.165, 1.54) is 18.4 Å². The van der Waals surface area contributed by atoms with Gasteiger partial charge in [-0.2, -0.15) is 12.7 Å². The van der Waals surface area contributed by atoms with Crippen LogP contribution < -0.4 is 4.72 Å². The van der Waals surface area contributed by atoms with Gasteiger partial charge in [0, 0.05) is 26.2 Å². The van der Waals surface area contributed by atoms with Crippen molar-refractivity contribution in [2.45, 2.75) is 6.54 Å². The Morgan fingerprint density at radius 3 is 2.78 bits per heavy atom. The summed E-state index contributed by atoms with van der Waals surface area (Å²) >= 11 is 0. The summed E-state index contributed by atoms with van der Waals surface area (Å²) in [6, 6.07) is 7.23. The predicted octanol–water partition coefficient (Wildman–Crippen LogP) is -0.0736. The largest absolute Gasteiger partial charge is 0.384 e. The van der Waals surface area contributed by atoms with Gasteiger partial charge in [0.05, 0.1) is 0 Å². The maximum Gasteiger partial charge on any atom is 0.279 e. The van der Waals surface area contributed by atoms with Crippen molar-refractivity contribution in [3.8, 4) is 11.8 Å². The lowest BCUT2D eigenvalue weighted by atomic mass is 10.1. The van der Waals surface area contributed by atoms with Crippen molar-refractivity contribution in [2.75, 3.05) is 20.7 Å².